The predicted octanol–water partition coefficient (Wildman–Crippen LogP) is 3.17. The summed E-state index contributed by atoms with van der Waals surface area (Å²) in [4.78, 5) is 0. The first-order valence-corrected chi connectivity index (χ1v) is 6.84. The van der Waals surface area contributed by atoms with E-state index in [0.29, 0.717) is 11.5 Å². The van der Waals surface area contributed by atoms with Gasteiger partial charge in [0.15, 0.2) is 0 Å². The van der Waals surface area contributed by atoms with Crippen molar-refractivity contribution < 1.29 is 9.13 Å². The van der Waals surface area contributed by atoms with E-state index < -0.39 is 0 Å². The molecule has 0 radical (unpaired) electrons. The number of rotatable bonds is 2. The molecule has 18 heavy (non-hydrogen) atoms. The molecular formula is C15H20FNO. The van der Waals surface area contributed by atoms with Crippen LogP contribution in [-0.4, -0.2) is 12.2 Å². The van der Waals surface area contributed by atoms with Crippen LogP contribution >= 0.6 is 0 Å². The molecule has 2 unspecified atom stereocenters. The van der Waals surface area contributed by atoms with E-state index in [1.165, 1.54) is 12.5 Å². The lowest BCUT2D eigenvalue weighted by molar-refractivity contribution is -0.146. The SMILES string of the molecule is NC(c1ccccc1F)C1CCOC2(CCC2)C1. The molecular weight excluding hydrogens is 229 g/mol. The summed E-state index contributed by atoms with van der Waals surface area (Å²) in [7, 11) is 0. The van der Waals surface area contributed by atoms with Crippen molar-refractivity contribution in [3.05, 3.63) is 35.6 Å². The van der Waals surface area contributed by atoms with Crippen LogP contribution in [0.25, 0.3) is 0 Å². The van der Waals surface area contributed by atoms with Crippen LogP contribution in [0.3, 0.4) is 0 Å². The maximum absolute atomic E-state index is 13.8. The van der Waals surface area contributed by atoms with Crippen molar-refractivity contribution >= 4 is 0 Å². The predicted molar refractivity (Wildman–Crippen MR) is 68.6 cm³/mol. The van der Waals surface area contributed by atoms with E-state index in [1.807, 2.05) is 12.1 Å². The third-order valence-corrected chi connectivity index (χ3v) is 4.57. The number of nitrogens with two attached hydrogens (primary N) is 1. The topological polar surface area (TPSA) is 35.2 Å². The second kappa shape index (κ2) is 4.63. The largest absolute Gasteiger partial charge is 0.375 e. The molecule has 2 atom stereocenters. The van der Waals surface area contributed by atoms with E-state index in [1.54, 1.807) is 6.07 Å². The molecule has 3 heteroatoms. The van der Waals surface area contributed by atoms with Crippen molar-refractivity contribution in [3.8, 4) is 0 Å². The summed E-state index contributed by atoms with van der Waals surface area (Å²) in [6.07, 6.45) is 5.47. The number of benzene rings is 1. The monoisotopic (exact) mass is 249 g/mol. The van der Waals surface area contributed by atoms with Crippen LogP contribution < -0.4 is 5.73 Å². The summed E-state index contributed by atoms with van der Waals surface area (Å²) in [6, 6.07) is 6.67. The number of hydrogen-bond acceptors (Lipinski definition) is 2. The lowest BCUT2D eigenvalue weighted by Gasteiger charge is -2.48. The van der Waals surface area contributed by atoms with Gasteiger partial charge in [-0.15, -0.1) is 0 Å². The quantitative estimate of drug-likeness (QED) is 0.873. The molecule has 2 aliphatic rings. The molecule has 1 heterocycles. The minimum Gasteiger partial charge on any atom is -0.375 e. The lowest BCUT2D eigenvalue weighted by atomic mass is 9.70. The maximum Gasteiger partial charge on any atom is 0.127 e. The number of ether oxygens (including phenoxy) is 1. The summed E-state index contributed by atoms with van der Waals surface area (Å²) in [5.74, 6) is 0.162. The van der Waals surface area contributed by atoms with Gasteiger partial charge in [0.25, 0.3) is 0 Å². The number of halogens is 1. The number of hydrogen-bond donors (Lipinski definition) is 1. The van der Waals surface area contributed by atoms with Gasteiger partial charge in [0.1, 0.15) is 5.82 Å². The van der Waals surface area contributed by atoms with Crippen molar-refractivity contribution in [2.45, 2.75) is 43.7 Å². The highest BCUT2D eigenvalue weighted by Crippen LogP contribution is 2.46. The third kappa shape index (κ3) is 2.06. The van der Waals surface area contributed by atoms with Crippen LogP contribution in [0.2, 0.25) is 0 Å². The Bertz CT molecular complexity index is 430. The molecule has 2 nitrogen and oxygen atoms in total. The Labute approximate surface area is 107 Å². The zero-order chi connectivity index (χ0) is 12.6. The summed E-state index contributed by atoms with van der Waals surface area (Å²) < 4.78 is 19.7. The van der Waals surface area contributed by atoms with Gasteiger partial charge in [-0.2, -0.15) is 0 Å². The second-order valence-corrected chi connectivity index (χ2v) is 5.69. The molecule has 1 aromatic carbocycles. The molecule has 2 fully saturated rings. The first-order chi connectivity index (χ1) is 8.70. The fourth-order valence-corrected chi connectivity index (χ4v) is 3.29. The van der Waals surface area contributed by atoms with E-state index in [4.69, 9.17) is 10.5 Å². The van der Waals surface area contributed by atoms with Crippen molar-refractivity contribution in [3.63, 3.8) is 0 Å². The van der Waals surface area contributed by atoms with Crippen LogP contribution in [0.15, 0.2) is 24.3 Å². The van der Waals surface area contributed by atoms with Gasteiger partial charge in [0.05, 0.1) is 5.60 Å². The second-order valence-electron chi connectivity index (χ2n) is 5.69. The highest BCUT2D eigenvalue weighted by Gasteiger charge is 2.44. The fourth-order valence-electron chi connectivity index (χ4n) is 3.29. The van der Waals surface area contributed by atoms with Crippen LogP contribution in [0.1, 0.15) is 43.7 Å². The van der Waals surface area contributed by atoms with E-state index in [2.05, 4.69) is 0 Å². The Morgan fingerprint density at radius 3 is 2.78 bits per heavy atom. The molecule has 2 N–H and O–H groups in total. The average Bonchev–Trinajstić information content (AvgIpc) is 2.37. The molecule has 1 aliphatic heterocycles. The maximum atomic E-state index is 13.8. The van der Waals surface area contributed by atoms with Crippen LogP contribution in [0.4, 0.5) is 4.39 Å². The van der Waals surface area contributed by atoms with Crippen LogP contribution in [0, 0.1) is 11.7 Å². The minimum atomic E-state index is -0.201. The van der Waals surface area contributed by atoms with Crippen molar-refractivity contribution in [2.24, 2.45) is 11.7 Å². The van der Waals surface area contributed by atoms with E-state index >= 15 is 0 Å². The first-order valence-electron chi connectivity index (χ1n) is 6.84. The molecule has 1 aliphatic carbocycles. The summed E-state index contributed by atoms with van der Waals surface area (Å²) >= 11 is 0. The normalized spacial score (nSPS) is 27.8. The zero-order valence-corrected chi connectivity index (χ0v) is 10.6. The van der Waals surface area contributed by atoms with Gasteiger partial charge in [0, 0.05) is 18.2 Å². The minimum absolute atomic E-state index is 0.0752. The summed E-state index contributed by atoms with van der Waals surface area (Å²) in [5.41, 5.74) is 7.00. The van der Waals surface area contributed by atoms with Crippen LogP contribution in [-0.2, 0) is 4.74 Å². The van der Waals surface area contributed by atoms with Crippen molar-refractivity contribution in [2.75, 3.05) is 6.61 Å². The van der Waals surface area contributed by atoms with Gasteiger partial charge in [0.2, 0.25) is 0 Å². The van der Waals surface area contributed by atoms with Crippen molar-refractivity contribution in [1.29, 1.82) is 0 Å². The molecule has 3 rings (SSSR count). The Kier molecular flexibility index (Phi) is 3.12. The van der Waals surface area contributed by atoms with Crippen LogP contribution in [0.5, 0.6) is 0 Å². The Morgan fingerprint density at radius 2 is 2.11 bits per heavy atom. The molecule has 98 valence electrons. The van der Waals surface area contributed by atoms with Gasteiger partial charge < -0.3 is 10.5 Å². The lowest BCUT2D eigenvalue weighted by Crippen LogP contribution is -2.47. The van der Waals surface area contributed by atoms with Gasteiger partial charge >= 0.3 is 0 Å². The van der Waals surface area contributed by atoms with E-state index in [9.17, 15) is 4.39 Å². The standard InChI is InChI=1S/C15H20FNO/c16-13-5-2-1-4-12(13)14(17)11-6-9-18-15(10-11)7-3-8-15/h1-2,4-5,11,14H,3,6-10,17H2. The molecule has 0 aromatic heterocycles. The van der Waals surface area contributed by atoms with Gasteiger partial charge in [-0.25, -0.2) is 4.39 Å². The summed E-state index contributed by atoms with van der Waals surface area (Å²) in [6.45, 7) is 0.771. The summed E-state index contributed by atoms with van der Waals surface area (Å²) in [5, 5.41) is 0. The van der Waals surface area contributed by atoms with Gasteiger partial charge in [-0.05, 0) is 44.1 Å². The molecule has 0 amide bonds. The smallest absolute Gasteiger partial charge is 0.127 e. The molecule has 1 saturated heterocycles. The zero-order valence-electron chi connectivity index (χ0n) is 10.6. The fraction of sp³-hybridized carbons (Fsp3) is 0.600. The Hall–Kier alpha value is -0.930. The Balaban J connectivity index is 1.76. The molecule has 1 aromatic rings. The molecule has 1 saturated carbocycles. The van der Waals surface area contributed by atoms with Gasteiger partial charge in [-0.1, -0.05) is 18.2 Å². The first kappa shape index (κ1) is 12.1. The van der Waals surface area contributed by atoms with E-state index in [0.717, 1.165) is 32.3 Å². The molecule has 1 spiro atoms. The van der Waals surface area contributed by atoms with E-state index in [-0.39, 0.29) is 17.5 Å². The van der Waals surface area contributed by atoms with Gasteiger partial charge in [-0.3, -0.25) is 0 Å². The Morgan fingerprint density at radius 1 is 1.33 bits per heavy atom. The average molecular weight is 249 g/mol. The molecule has 0 bridgehead atoms. The van der Waals surface area contributed by atoms with Crippen molar-refractivity contribution in [1.82, 2.24) is 0 Å². The highest BCUT2D eigenvalue weighted by molar-refractivity contribution is 5.22. The third-order valence-electron chi connectivity index (χ3n) is 4.57. The highest BCUT2D eigenvalue weighted by atomic mass is 19.1.